The van der Waals surface area contributed by atoms with Crippen LogP contribution in [0, 0.1) is 13.8 Å². The Hall–Kier alpha value is -2.67. The van der Waals surface area contributed by atoms with Gasteiger partial charge in [-0.3, -0.25) is 9.59 Å². The SMILES string of the molecule is CCc1ccccc1NC(=O)C[NH+]1CCN(C(=O)CCc2c(C)noc2C)CC1. The van der Waals surface area contributed by atoms with Crippen LogP contribution in [-0.4, -0.2) is 54.6 Å². The minimum absolute atomic E-state index is 0.0269. The summed E-state index contributed by atoms with van der Waals surface area (Å²) in [4.78, 5) is 28.1. The minimum Gasteiger partial charge on any atom is -0.361 e. The van der Waals surface area contributed by atoms with Gasteiger partial charge in [-0.25, -0.2) is 0 Å². The van der Waals surface area contributed by atoms with E-state index in [2.05, 4.69) is 17.4 Å². The molecule has 7 nitrogen and oxygen atoms in total. The second-order valence-corrected chi connectivity index (χ2v) is 7.67. The smallest absolute Gasteiger partial charge is 0.279 e. The van der Waals surface area contributed by atoms with E-state index >= 15 is 0 Å². The normalized spacial score (nSPS) is 14.8. The van der Waals surface area contributed by atoms with Gasteiger partial charge in [0.25, 0.3) is 5.91 Å². The molecule has 1 aromatic carbocycles. The maximum atomic E-state index is 12.5. The Morgan fingerprint density at radius 3 is 2.59 bits per heavy atom. The Labute approximate surface area is 172 Å². The van der Waals surface area contributed by atoms with E-state index in [1.54, 1.807) is 0 Å². The molecule has 0 aliphatic carbocycles. The molecule has 1 aliphatic heterocycles. The molecule has 0 bridgehead atoms. The molecule has 1 aliphatic rings. The van der Waals surface area contributed by atoms with E-state index in [1.165, 1.54) is 4.90 Å². The molecule has 1 fully saturated rings. The summed E-state index contributed by atoms with van der Waals surface area (Å²) in [5.41, 5.74) is 3.93. The summed E-state index contributed by atoms with van der Waals surface area (Å²) in [6.45, 7) is 9.26. The van der Waals surface area contributed by atoms with Crippen LogP contribution in [0.15, 0.2) is 28.8 Å². The third-order valence-corrected chi connectivity index (χ3v) is 5.68. The Morgan fingerprint density at radius 2 is 1.93 bits per heavy atom. The monoisotopic (exact) mass is 399 g/mol. The first-order chi connectivity index (χ1) is 14.0. The Bertz CT molecular complexity index is 834. The number of nitrogens with zero attached hydrogens (tertiary/aromatic N) is 2. The first-order valence-electron chi connectivity index (χ1n) is 10.4. The van der Waals surface area contributed by atoms with Gasteiger partial charge in [-0.1, -0.05) is 30.3 Å². The van der Waals surface area contributed by atoms with E-state index in [4.69, 9.17) is 4.52 Å². The van der Waals surface area contributed by atoms with Crippen molar-refractivity contribution in [2.75, 3.05) is 38.0 Å². The third kappa shape index (κ3) is 5.44. The molecule has 0 radical (unpaired) electrons. The van der Waals surface area contributed by atoms with E-state index in [-0.39, 0.29) is 11.8 Å². The lowest BCUT2D eigenvalue weighted by Gasteiger charge is -2.32. The molecule has 7 heteroatoms. The van der Waals surface area contributed by atoms with Crippen molar-refractivity contribution < 1.29 is 19.0 Å². The van der Waals surface area contributed by atoms with Crippen molar-refractivity contribution in [2.24, 2.45) is 0 Å². The van der Waals surface area contributed by atoms with Gasteiger partial charge in [-0.15, -0.1) is 0 Å². The Balaban J connectivity index is 1.43. The number of quaternary nitrogens is 1. The van der Waals surface area contributed by atoms with Gasteiger partial charge in [-0.2, -0.15) is 0 Å². The van der Waals surface area contributed by atoms with Crippen molar-refractivity contribution in [2.45, 2.75) is 40.0 Å². The molecular formula is C22H31N4O3+. The van der Waals surface area contributed by atoms with E-state index in [0.717, 1.165) is 47.8 Å². The van der Waals surface area contributed by atoms with E-state index in [1.807, 2.05) is 43.0 Å². The van der Waals surface area contributed by atoms with Crippen LogP contribution in [0.1, 0.15) is 35.9 Å². The zero-order chi connectivity index (χ0) is 20.8. The summed E-state index contributed by atoms with van der Waals surface area (Å²) < 4.78 is 5.17. The molecule has 29 heavy (non-hydrogen) atoms. The lowest BCUT2D eigenvalue weighted by atomic mass is 10.1. The first kappa shape index (κ1) is 21.0. The lowest BCUT2D eigenvalue weighted by Crippen LogP contribution is -3.15. The number of hydrogen-bond donors (Lipinski definition) is 2. The standard InChI is InChI=1S/C22H30N4O3/c1-4-18-7-5-6-8-20(18)23-21(27)15-25-11-13-26(14-12-25)22(28)10-9-19-16(2)24-29-17(19)3/h5-8H,4,9-15H2,1-3H3,(H,23,27)/p+1. The summed E-state index contributed by atoms with van der Waals surface area (Å²) in [5, 5.41) is 6.98. The largest absolute Gasteiger partial charge is 0.361 e. The molecule has 2 aromatic rings. The molecular weight excluding hydrogens is 368 g/mol. The van der Waals surface area contributed by atoms with Gasteiger partial charge in [0.2, 0.25) is 5.91 Å². The third-order valence-electron chi connectivity index (χ3n) is 5.68. The van der Waals surface area contributed by atoms with E-state index < -0.39 is 0 Å². The number of benzene rings is 1. The van der Waals surface area contributed by atoms with Gasteiger partial charge in [-0.05, 0) is 38.3 Å². The van der Waals surface area contributed by atoms with Crippen molar-refractivity contribution in [3.63, 3.8) is 0 Å². The summed E-state index contributed by atoms with van der Waals surface area (Å²) in [6, 6.07) is 7.91. The fourth-order valence-electron chi connectivity index (χ4n) is 3.87. The predicted octanol–water partition coefficient (Wildman–Crippen LogP) is 1.15. The number of nitrogens with one attached hydrogen (secondary N) is 2. The maximum absolute atomic E-state index is 12.5. The van der Waals surface area contributed by atoms with Crippen LogP contribution in [0.5, 0.6) is 0 Å². The van der Waals surface area contributed by atoms with Crippen molar-refractivity contribution in [3.05, 3.63) is 46.8 Å². The van der Waals surface area contributed by atoms with Crippen molar-refractivity contribution in [3.8, 4) is 0 Å². The number of piperazine rings is 1. The Kier molecular flexibility index (Phi) is 7.04. The molecule has 0 unspecified atom stereocenters. The maximum Gasteiger partial charge on any atom is 0.279 e. The number of carbonyl (C=O) groups excluding carboxylic acids is 2. The van der Waals surface area contributed by atoms with Gasteiger partial charge in [0.1, 0.15) is 5.76 Å². The van der Waals surface area contributed by atoms with Crippen LogP contribution in [0.4, 0.5) is 5.69 Å². The van der Waals surface area contributed by atoms with Crippen LogP contribution < -0.4 is 10.2 Å². The molecule has 156 valence electrons. The van der Waals surface area contributed by atoms with E-state index in [9.17, 15) is 9.59 Å². The minimum atomic E-state index is 0.0269. The van der Waals surface area contributed by atoms with Gasteiger partial charge in [0.05, 0.1) is 31.9 Å². The van der Waals surface area contributed by atoms with Crippen molar-refractivity contribution in [1.82, 2.24) is 10.1 Å². The number of aromatic nitrogens is 1. The van der Waals surface area contributed by atoms with Crippen LogP contribution in [0.2, 0.25) is 0 Å². The van der Waals surface area contributed by atoms with Gasteiger partial charge < -0.3 is 19.6 Å². The predicted molar refractivity (Wildman–Crippen MR) is 111 cm³/mol. The number of aryl methyl sites for hydroxylation is 3. The second-order valence-electron chi connectivity index (χ2n) is 7.67. The number of amides is 2. The molecule has 1 aromatic heterocycles. The molecule has 0 spiro atoms. The van der Waals surface area contributed by atoms with Crippen molar-refractivity contribution in [1.29, 1.82) is 0 Å². The highest BCUT2D eigenvalue weighted by molar-refractivity contribution is 5.92. The molecule has 1 saturated heterocycles. The zero-order valence-electron chi connectivity index (χ0n) is 17.6. The number of rotatable bonds is 7. The highest BCUT2D eigenvalue weighted by Gasteiger charge is 2.25. The quantitative estimate of drug-likeness (QED) is 0.732. The molecule has 0 saturated carbocycles. The zero-order valence-corrected chi connectivity index (χ0v) is 17.6. The first-order valence-corrected chi connectivity index (χ1v) is 10.4. The number of carbonyl (C=O) groups is 2. The van der Waals surface area contributed by atoms with Gasteiger partial charge in [0.15, 0.2) is 6.54 Å². The van der Waals surface area contributed by atoms with Crippen LogP contribution >= 0.6 is 0 Å². The average Bonchev–Trinajstić information content (AvgIpc) is 3.04. The fourth-order valence-corrected chi connectivity index (χ4v) is 3.87. The highest BCUT2D eigenvalue weighted by Crippen LogP contribution is 2.16. The van der Waals surface area contributed by atoms with Crippen LogP contribution in [-0.2, 0) is 22.4 Å². The highest BCUT2D eigenvalue weighted by atomic mass is 16.5. The average molecular weight is 400 g/mol. The van der Waals surface area contributed by atoms with Crippen LogP contribution in [0.3, 0.4) is 0 Å². The summed E-state index contributed by atoms with van der Waals surface area (Å²) in [6.07, 6.45) is 2.01. The molecule has 3 rings (SSSR count). The van der Waals surface area contributed by atoms with Gasteiger partial charge in [0, 0.05) is 17.7 Å². The molecule has 2 amide bonds. The molecule has 0 atom stereocenters. The van der Waals surface area contributed by atoms with Crippen molar-refractivity contribution >= 4 is 17.5 Å². The number of anilines is 1. The Morgan fingerprint density at radius 1 is 1.21 bits per heavy atom. The van der Waals surface area contributed by atoms with Crippen LogP contribution in [0.25, 0.3) is 0 Å². The fraction of sp³-hybridized carbons (Fsp3) is 0.500. The molecule has 2 heterocycles. The lowest BCUT2D eigenvalue weighted by molar-refractivity contribution is -0.895. The summed E-state index contributed by atoms with van der Waals surface area (Å²) in [5.74, 6) is 0.977. The molecule has 2 N–H and O–H groups in total. The topological polar surface area (TPSA) is 79.9 Å². The number of hydrogen-bond acceptors (Lipinski definition) is 4. The summed E-state index contributed by atoms with van der Waals surface area (Å²) in [7, 11) is 0. The number of para-hydroxylation sites is 1. The van der Waals surface area contributed by atoms with E-state index in [0.29, 0.717) is 32.5 Å². The van der Waals surface area contributed by atoms with Gasteiger partial charge >= 0.3 is 0 Å². The second kappa shape index (κ2) is 9.69. The summed E-state index contributed by atoms with van der Waals surface area (Å²) >= 11 is 0.